The maximum Gasteiger partial charge on any atom is 0.257 e. The van der Waals surface area contributed by atoms with Gasteiger partial charge in [-0.3, -0.25) is 9.59 Å². The molecule has 9 heteroatoms. The highest BCUT2D eigenvalue weighted by Crippen LogP contribution is 2.29. The standard InChI is InChI=1S/C16H12ClFN2O4S/c17-14-9-12(20-15(21)6-7-25(20,23)24)4-5-13(14)16(22)19-11-3-1-2-10(18)8-11/h1-5,8-9H,6-7H2,(H,19,22). The molecule has 0 unspecified atom stereocenters. The molecule has 3 rings (SSSR count). The van der Waals surface area contributed by atoms with E-state index in [1.807, 2.05) is 0 Å². The minimum atomic E-state index is -3.71. The lowest BCUT2D eigenvalue weighted by atomic mass is 10.1. The van der Waals surface area contributed by atoms with Gasteiger partial charge in [0.2, 0.25) is 15.9 Å². The molecule has 1 heterocycles. The summed E-state index contributed by atoms with van der Waals surface area (Å²) in [5, 5.41) is 2.47. The summed E-state index contributed by atoms with van der Waals surface area (Å²) in [6.45, 7) is 0. The van der Waals surface area contributed by atoms with Crippen LogP contribution in [0.5, 0.6) is 0 Å². The molecule has 1 N–H and O–H groups in total. The predicted molar refractivity (Wildman–Crippen MR) is 91.7 cm³/mol. The van der Waals surface area contributed by atoms with Crippen LogP contribution in [-0.2, 0) is 14.8 Å². The number of rotatable bonds is 3. The molecule has 0 bridgehead atoms. The SMILES string of the molecule is O=C(Nc1cccc(F)c1)c1ccc(N2C(=O)CCS2(=O)=O)cc1Cl. The Morgan fingerprint density at radius 2 is 1.96 bits per heavy atom. The molecule has 1 aliphatic rings. The summed E-state index contributed by atoms with van der Waals surface area (Å²) < 4.78 is 37.7. The Hall–Kier alpha value is -2.45. The van der Waals surface area contributed by atoms with Crippen molar-refractivity contribution in [1.82, 2.24) is 0 Å². The summed E-state index contributed by atoms with van der Waals surface area (Å²) in [6, 6.07) is 9.22. The van der Waals surface area contributed by atoms with Gasteiger partial charge >= 0.3 is 0 Å². The number of carbonyl (C=O) groups is 2. The smallest absolute Gasteiger partial charge is 0.257 e. The van der Waals surface area contributed by atoms with Gasteiger partial charge in [0.1, 0.15) is 5.82 Å². The first kappa shape index (κ1) is 17.4. The van der Waals surface area contributed by atoms with Gasteiger partial charge in [-0.25, -0.2) is 17.1 Å². The number of amides is 2. The zero-order valence-electron chi connectivity index (χ0n) is 12.7. The van der Waals surface area contributed by atoms with E-state index in [0.717, 1.165) is 6.07 Å². The molecule has 25 heavy (non-hydrogen) atoms. The first-order chi connectivity index (χ1) is 11.8. The van der Waals surface area contributed by atoms with Gasteiger partial charge in [-0.05, 0) is 36.4 Å². The van der Waals surface area contributed by atoms with E-state index in [-0.39, 0.29) is 34.1 Å². The van der Waals surface area contributed by atoms with Gasteiger partial charge in [-0.2, -0.15) is 0 Å². The van der Waals surface area contributed by atoms with Gasteiger partial charge < -0.3 is 5.32 Å². The Morgan fingerprint density at radius 3 is 2.56 bits per heavy atom. The van der Waals surface area contributed by atoms with Crippen LogP contribution in [0.4, 0.5) is 15.8 Å². The Labute approximate surface area is 148 Å². The Kier molecular flexibility index (Phi) is 4.49. The minimum Gasteiger partial charge on any atom is -0.322 e. The number of carbonyl (C=O) groups excluding carboxylic acids is 2. The van der Waals surface area contributed by atoms with E-state index in [1.165, 1.54) is 36.4 Å². The van der Waals surface area contributed by atoms with E-state index in [9.17, 15) is 22.4 Å². The third-order valence-corrected chi connectivity index (χ3v) is 5.60. The highest BCUT2D eigenvalue weighted by molar-refractivity contribution is 7.94. The molecule has 1 saturated heterocycles. The normalized spacial score (nSPS) is 16.1. The summed E-state index contributed by atoms with van der Waals surface area (Å²) in [7, 11) is -3.71. The van der Waals surface area contributed by atoms with Crippen LogP contribution in [0.1, 0.15) is 16.8 Å². The highest BCUT2D eigenvalue weighted by atomic mass is 35.5. The van der Waals surface area contributed by atoms with Crippen LogP contribution in [0.3, 0.4) is 0 Å². The van der Waals surface area contributed by atoms with Gasteiger partial charge in [0.05, 0.1) is 22.0 Å². The number of anilines is 2. The summed E-state index contributed by atoms with van der Waals surface area (Å²) in [4.78, 5) is 24.0. The zero-order chi connectivity index (χ0) is 18.2. The fourth-order valence-electron chi connectivity index (χ4n) is 2.45. The monoisotopic (exact) mass is 382 g/mol. The number of benzene rings is 2. The lowest BCUT2D eigenvalue weighted by Gasteiger charge is -2.16. The molecule has 130 valence electrons. The molecule has 1 fully saturated rings. The first-order valence-corrected chi connectivity index (χ1v) is 9.19. The van der Waals surface area contributed by atoms with Gasteiger partial charge in [0.15, 0.2) is 0 Å². The molecule has 0 atom stereocenters. The molecule has 6 nitrogen and oxygen atoms in total. The molecule has 0 aliphatic carbocycles. The third-order valence-electron chi connectivity index (χ3n) is 3.59. The van der Waals surface area contributed by atoms with Crippen LogP contribution in [0.15, 0.2) is 42.5 Å². The molecule has 0 radical (unpaired) electrons. The van der Waals surface area contributed by atoms with E-state index in [4.69, 9.17) is 11.6 Å². The molecular formula is C16H12ClFN2O4S. The zero-order valence-corrected chi connectivity index (χ0v) is 14.3. The van der Waals surface area contributed by atoms with E-state index < -0.39 is 27.7 Å². The largest absolute Gasteiger partial charge is 0.322 e. The molecule has 1 aliphatic heterocycles. The fraction of sp³-hybridized carbons (Fsp3) is 0.125. The van der Waals surface area contributed by atoms with Crippen molar-refractivity contribution in [3.63, 3.8) is 0 Å². The summed E-state index contributed by atoms with van der Waals surface area (Å²) in [5.74, 6) is -1.89. The second-order valence-electron chi connectivity index (χ2n) is 5.35. The second-order valence-corrected chi connectivity index (χ2v) is 7.70. The van der Waals surface area contributed by atoms with Gasteiger partial charge in [0.25, 0.3) is 5.91 Å². The molecule has 0 saturated carbocycles. The van der Waals surface area contributed by atoms with Crippen molar-refractivity contribution in [2.45, 2.75) is 6.42 Å². The highest BCUT2D eigenvalue weighted by Gasteiger charge is 2.36. The second kappa shape index (κ2) is 6.45. The lowest BCUT2D eigenvalue weighted by Crippen LogP contribution is -2.29. The first-order valence-electron chi connectivity index (χ1n) is 7.20. The number of hydrogen-bond donors (Lipinski definition) is 1. The van der Waals surface area contributed by atoms with Crippen LogP contribution in [0.25, 0.3) is 0 Å². The summed E-state index contributed by atoms with van der Waals surface area (Å²) in [6.07, 6.45) is -0.0955. The molecular weight excluding hydrogens is 371 g/mol. The van der Waals surface area contributed by atoms with Crippen molar-refractivity contribution in [1.29, 1.82) is 0 Å². The minimum absolute atomic E-state index is 0.0266. The number of halogens is 2. The fourth-order valence-corrected chi connectivity index (χ4v) is 4.16. The van der Waals surface area contributed by atoms with Crippen molar-refractivity contribution in [3.8, 4) is 0 Å². The number of sulfonamides is 1. The van der Waals surface area contributed by atoms with E-state index in [2.05, 4.69) is 5.32 Å². The van der Waals surface area contributed by atoms with Crippen LogP contribution in [0, 0.1) is 5.82 Å². The van der Waals surface area contributed by atoms with Gasteiger partial charge in [-0.1, -0.05) is 17.7 Å². The third kappa shape index (κ3) is 3.49. The summed E-state index contributed by atoms with van der Waals surface area (Å²) in [5.41, 5.74) is 0.399. The van der Waals surface area contributed by atoms with Gasteiger partial charge in [0, 0.05) is 12.1 Å². The maximum absolute atomic E-state index is 13.2. The number of nitrogens with zero attached hydrogens (tertiary/aromatic N) is 1. The Morgan fingerprint density at radius 1 is 1.20 bits per heavy atom. The van der Waals surface area contributed by atoms with Gasteiger partial charge in [-0.15, -0.1) is 0 Å². The van der Waals surface area contributed by atoms with E-state index in [1.54, 1.807) is 0 Å². The molecule has 2 aromatic carbocycles. The lowest BCUT2D eigenvalue weighted by molar-refractivity contribution is -0.116. The van der Waals surface area contributed by atoms with Crippen molar-refractivity contribution in [2.75, 3.05) is 15.4 Å². The van der Waals surface area contributed by atoms with E-state index in [0.29, 0.717) is 4.31 Å². The molecule has 0 aromatic heterocycles. The maximum atomic E-state index is 13.2. The predicted octanol–water partition coefficient (Wildman–Crippen LogP) is 2.80. The molecule has 2 amide bonds. The molecule has 0 spiro atoms. The van der Waals surface area contributed by atoms with Crippen LogP contribution in [-0.4, -0.2) is 26.0 Å². The van der Waals surface area contributed by atoms with Crippen molar-refractivity contribution < 1.29 is 22.4 Å². The van der Waals surface area contributed by atoms with Crippen LogP contribution in [0.2, 0.25) is 5.02 Å². The number of nitrogens with one attached hydrogen (secondary N) is 1. The van der Waals surface area contributed by atoms with Crippen LogP contribution >= 0.6 is 11.6 Å². The Balaban J connectivity index is 1.87. The number of hydrogen-bond acceptors (Lipinski definition) is 4. The Bertz CT molecular complexity index is 978. The van der Waals surface area contributed by atoms with Crippen molar-refractivity contribution >= 4 is 44.8 Å². The average Bonchev–Trinajstić information content (AvgIpc) is 2.80. The topological polar surface area (TPSA) is 83.6 Å². The van der Waals surface area contributed by atoms with Crippen molar-refractivity contribution in [3.05, 3.63) is 58.9 Å². The average molecular weight is 383 g/mol. The van der Waals surface area contributed by atoms with E-state index >= 15 is 0 Å². The van der Waals surface area contributed by atoms with Crippen molar-refractivity contribution in [2.24, 2.45) is 0 Å². The molecule has 2 aromatic rings. The summed E-state index contributed by atoms with van der Waals surface area (Å²) >= 11 is 6.07. The quantitative estimate of drug-likeness (QED) is 0.884. The van der Waals surface area contributed by atoms with Crippen LogP contribution < -0.4 is 9.62 Å².